The van der Waals surface area contributed by atoms with Gasteiger partial charge in [-0.05, 0) is 12.7 Å². The maximum absolute atomic E-state index is 5.08. The quantitative estimate of drug-likeness (QED) is 0.609. The third kappa shape index (κ3) is 4.12. The molecule has 0 saturated carbocycles. The summed E-state index contributed by atoms with van der Waals surface area (Å²) in [6.07, 6.45) is 4.49. The molecule has 3 heteroatoms. The molecule has 0 bridgehead atoms. The normalized spacial score (nSPS) is 9.50. The van der Waals surface area contributed by atoms with Crippen molar-refractivity contribution in [1.82, 2.24) is 4.90 Å². The van der Waals surface area contributed by atoms with Crippen LogP contribution in [0.15, 0.2) is 0 Å². The first-order valence-electron chi connectivity index (χ1n) is 3.51. The molecule has 0 spiro atoms. The van der Waals surface area contributed by atoms with Crippen molar-refractivity contribution < 1.29 is 0 Å². The Hall–Kier alpha value is 0.240. The number of unbranched alkanes of at least 4 members (excludes halogenated alkanes) is 1. The minimum atomic E-state index is 0.994. The second-order valence-corrected chi connectivity index (χ2v) is 3.69. The molecule has 0 radical (unpaired) electrons. The Morgan fingerprint density at radius 2 is 2.20 bits per heavy atom. The number of thiocarbonyl (C=S) groups is 1. The predicted molar refractivity (Wildman–Crippen MR) is 53.7 cm³/mol. The van der Waals surface area contributed by atoms with Gasteiger partial charge in [0.05, 0.1) is 0 Å². The van der Waals surface area contributed by atoms with Gasteiger partial charge in [0, 0.05) is 13.6 Å². The highest BCUT2D eigenvalue weighted by molar-refractivity contribution is 8.22. The molecule has 0 atom stereocenters. The minimum Gasteiger partial charge on any atom is -0.361 e. The van der Waals surface area contributed by atoms with E-state index in [1.807, 2.05) is 6.26 Å². The lowest BCUT2D eigenvalue weighted by Crippen LogP contribution is -2.22. The van der Waals surface area contributed by atoms with E-state index in [4.69, 9.17) is 12.2 Å². The Balaban J connectivity index is 3.41. The van der Waals surface area contributed by atoms with Crippen LogP contribution < -0.4 is 0 Å². The van der Waals surface area contributed by atoms with Gasteiger partial charge in [-0.25, -0.2) is 0 Å². The molecule has 1 nitrogen and oxygen atoms in total. The van der Waals surface area contributed by atoms with Gasteiger partial charge >= 0.3 is 0 Å². The maximum atomic E-state index is 5.08. The van der Waals surface area contributed by atoms with E-state index in [1.54, 1.807) is 11.8 Å². The van der Waals surface area contributed by atoms with Crippen molar-refractivity contribution in [1.29, 1.82) is 0 Å². The van der Waals surface area contributed by atoms with Crippen LogP contribution in [0.25, 0.3) is 0 Å². The van der Waals surface area contributed by atoms with Gasteiger partial charge in [-0.1, -0.05) is 25.6 Å². The lowest BCUT2D eigenvalue weighted by atomic mass is 10.3. The van der Waals surface area contributed by atoms with Gasteiger partial charge in [-0.3, -0.25) is 0 Å². The zero-order chi connectivity index (χ0) is 7.98. The van der Waals surface area contributed by atoms with E-state index in [0.717, 1.165) is 10.9 Å². The van der Waals surface area contributed by atoms with Crippen LogP contribution in [-0.4, -0.2) is 29.1 Å². The van der Waals surface area contributed by atoms with E-state index in [1.165, 1.54) is 12.8 Å². The summed E-state index contributed by atoms with van der Waals surface area (Å²) in [4.78, 5) is 2.13. The van der Waals surface area contributed by atoms with Crippen molar-refractivity contribution in [2.45, 2.75) is 19.8 Å². The van der Waals surface area contributed by atoms with Crippen LogP contribution in [0.4, 0.5) is 0 Å². The van der Waals surface area contributed by atoms with Crippen molar-refractivity contribution in [2.24, 2.45) is 0 Å². The molecule has 0 rings (SSSR count). The summed E-state index contributed by atoms with van der Waals surface area (Å²) in [6, 6.07) is 0. The topological polar surface area (TPSA) is 3.24 Å². The molecule has 0 N–H and O–H groups in total. The SMILES string of the molecule is CCCCN(C)C(=S)SC. The van der Waals surface area contributed by atoms with E-state index in [-0.39, 0.29) is 0 Å². The van der Waals surface area contributed by atoms with Crippen molar-refractivity contribution >= 4 is 28.3 Å². The molecular formula is C7H15NS2. The molecule has 0 unspecified atom stereocenters. The maximum Gasteiger partial charge on any atom is 0.135 e. The number of hydrogen-bond acceptors (Lipinski definition) is 2. The number of thioether (sulfide) groups is 1. The molecule has 0 aliphatic rings. The molecule has 0 aromatic carbocycles. The second-order valence-electron chi connectivity index (χ2n) is 2.25. The fraction of sp³-hybridized carbons (Fsp3) is 0.857. The Kier molecular flexibility index (Phi) is 6.13. The Morgan fingerprint density at radius 3 is 2.60 bits per heavy atom. The van der Waals surface area contributed by atoms with Crippen molar-refractivity contribution in [3.05, 3.63) is 0 Å². The van der Waals surface area contributed by atoms with Crippen LogP contribution in [-0.2, 0) is 0 Å². The van der Waals surface area contributed by atoms with E-state index in [0.29, 0.717) is 0 Å². The fourth-order valence-electron chi connectivity index (χ4n) is 0.642. The second kappa shape index (κ2) is 5.98. The lowest BCUT2D eigenvalue weighted by molar-refractivity contribution is 0.500. The van der Waals surface area contributed by atoms with E-state index >= 15 is 0 Å². The molecular weight excluding hydrogens is 162 g/mol. The molecule has 0 aliphatic heterocycles. The van der Waals surface area contributed by atoms with Gasteiger partial charge in [-0.15, -0.1) is 11.8 Å². The Labute approximate surface area is 73.2 Å². The van der Waals surface area contributed by atoms with Crippen LogP contribution in [0.1, 0.15) is 19.8 Å². The van der Waals surface area contributed by atoms with Crippen LogP contribution in [0, 0.1) is 0 Å². The zero-order valence-corrected chi connectivity index (χ0v) is 8.52. The zero-order valence-electron chi connectivity index (χ0n) is 6.89. The number of nitrogens with zero attached hydrogens (tertiary/aromatic N) is 1. The third-order valence-electron chi connectivity index (χ3n) is 1.33. The molecule has 0 aliphatic carbocycles. The minimum absolute atomic E-state index is 0.994. The Morgan fingerprint density at radius 1 is 1.60 bits per heavy atom. The fourth-order valence-corrected chi connectivity index (χ4v) is 1.14. The monoisotopic (exact) mass is 177 g/mol. The highest BCUT2D eigenvalue weighted by Gasteiger charge is 1.99. The summed E-state index contributed by atoms with van der Waals surface area (Å²) >= 11 is 6.72. The lowest BCUT2D eigenvalue weighted by Gasteiger charge is -2.17. The van der Waals surface area contributed by atoms with E-state index in [9.17, 15) is 0 Å². The first kappa shape index (κ1) is 10.2. The van der Waals surface area contributed by atoms with Gasteiger partial charge in [0.25, 0.3) is 0 Å². The molecule has 0 aromatic heterocycles. The number of rotatable bonds is 3. The third-order valence-corrected chi connectivity index (χ3v) is 2.81. The van der Waals surface area contributed by atoms with E-state index in [2.05, 4.69) is 18.9 Å². The molecule has 0 saturated heterocycles. The first-order valence-corrected chi connectivity index (χ1v) is 5.14. The van der Waals surface area contributed by atoms with Crippen molar-refractivity contribution in [3.63, 3.8) is 0 Å². The number of hydrogen-bond donors (Lipinski definition) is 0. The van der Waals surface area contributed by atoms with Crippen LogP contribution >= 0.6 is 24.0 Å². The molecule has 60 valence electrons. The van der Waals surface area contributed by atoms with Gasteiger partial charge in [0.15, 0.2) is 0 Å². The average Bonchev–Trinajstić information content (AvgIpc) is 1.98. The smallest absolute Gasteiger partial charge is 0.135 e. The largest absolute Gasteiger partial charge is 0.361 e. The van der Waals surface area contributed by atoms with Gasteiger partial charge in [-0.2, -0.15) is 0 Å². The summed E-state index contributed by atoms with van der Waals surface area (Å²) < 4.78 is 0.994. The average molecular weight is 177 g/mol. The summed E-state index contributed by atoms with van der Waals surface area (Å²) in [6.45, 7) is 3.28. The molecule has 0 amide bonds. The van der Waals surface area contributed by atoms with Gasteiger partial charge < -0.3 is 4.90 Å². The van der Waals surface area contributed by atoms with Gasteiger partial charge in [0.2, 0.25) is 0 Å². The summed E-state index contributed by atoms with van der Waals surface area (Å²) in [7, 11) is 2.05. The molecule has 0 fully saturated rings. The highest BCUT2D eigenvalue weighted by Crippen LogP contribution is 2.03. The van der Waals surface area contributed by atoms with Crippen LogP contribution in [0.2, 0.25) is 0 Å². The van der Waals surface area contributed by atoms with Crippen molar-refractivity contribution in [3.8, 4) is 0 Å². The Bertz CT molecular complexity index is 104. The molecule has 10 heavy (non-hydrogen) atoms. The van der Waals surface area contributed by atoms with Gasteiger partial charge in [0.1, 0.15) is 4.32 Å². The first-order chi connectivity index (χ1) is 4.72. The summed E-state index contributed by atoms with van der Waals surface area (Å²) in [5.74, 6) is 0. The summed E-state index contributed by atoms with van der Waals surface area (Å²) in [5.41, 5.74) is 0. The highest BCUT2D eigenvalue weighted by atomic mass is 32.2. The van der Waals surface area contributed by atoms with E-state index < -0.39 is 0 Å². The summed E-state index contributed by atoms with van der Waals surface area (Å²) in [5, 5.41) is 0. The van der Waals surface area contributed by atoms with Crippen LogP contribution in [0.5, 0.6) is 0 Å². The predicted octanol–water partition coefficient (Wildman–Crippen LogP) is 2.37. The molecule has 0 aromatic rings. The standard InChI is InChI=1S/C7H15NS2/c1-4-5-6-8(2)7(9)10-3/h4-6H2,1-3H3. The van der Waals surface area contributed by atoms with Crippen LogP contribution in [0.3, 0.4) is 0 Å². The van der Waals surface area contributed by atoms with Crippen molar-refractivity contribution in [2.75, 3.05) is 19.8 Å². The molecule has 0 heterocycles.